The van der Waals surface area contributed by atoms with E-state index in [0.29, 0.717) is 30.2 Å². The summed E-state index contributed by atoms with van der Waals surface area (Å²) in [4.78, 5) is 12.2. The molecular weight excluding hydrogens is 318 g/mol. The van der Waals surface area contributed by atoms with E-state index >= 15 is 0 Å². The van der Waals surface area contributed by atoms with Crippen molar-refractivity contribution >= 4 is 5.91 Å². The molecule has 2 aromatic carbocycles. The maximum absolute atomic E-state index is 12.2. The summed E-state index contributed by atoms with van der Waals surface area (Å²) in [6.07, 6.45) is 0. The summed E-state index contributed by atoms with van der Waals surface area (Å²) in [7, 11) is 3.10. The van der Waals surface area contributed by atoms with Crippen molar-refractivity contribution < 1.29 is 19.0 Å². The molecule has 134 valence electrons. The van der Waals surface area contributed by atoms with Crippen LogP contribution in [0.25, 0.3) is 0 Å². The summed E-state index contributed by atoms with van der Waals surface area (Å²) in [5, 5.41) is 2.85. The highest BCUT2D eigenvalue weighted by atomic mass is 16.5. The molecule has 0 bridgehead atoms. The molecule has 0 unspecified atom stereocenters. The van der Waals surface area contributed by atoms with Crippen LogP contribution >= 0.6 is 0 Å². The molecule has 0 aliphatic carbocycles. The number of hydrogen-bond acceptors (Lipinski definition) is 4. The van der Waals surface area contributed by atoms with Crippen molar-refractivity contribution in [1.29, 1.82) is 0 Å². The van der Waals surface area contributed by atoms with Gasteiger partial charge < -0.3 is 19.5 Å². The van der Waals surface area contributed by atoms with Gasteiger partial charge in [0.1, 0.15) is 12.4 Å². The molecule has 0 fully saturated rings. The Bertz CT molecular complexity index is 756. The third-order valence-electron chi connectivity index (χ3n) is 4.15. The lowest BCUT2D eigenvalue weighted by atomic mass is 10.1. The third-order valence-corrected chi connectivity index (χ3v) is 4.15. The van der Waals surface area contributed by atoms with Gasteiger partial charge in [0.25, 0.3) is 5.91 Å². The molecule has 0 spiro atoms. The second-order valence-corrected chi connectivity index (χ2v) is 5.83. The summed E-state index contributed by atoms with van der Waals surface area (Å²) in [6, 6.07) is 9.19. The molecule has 0 radical (unpaired) electrons. The normalized spacial score (nSPS) is 10.3. The number of methoxy groups -OCH3 is 2. The topological polar surface area (TPSA) is 56.8 Å². The van der Waals surface area contributed by atoms with Crippen LogP contribution in [0.1, 0.15) is 27.0 Å². The number of carbonyl (C=O) groups excluding carboxylic acids is 1. The zero-order valence-corrected chi connectivity index (χ0v) is 15.4. The van der Waals surface area contributed by atoms with E-state index in [2.05, 4.69) is 18.3 Å². The van der Waals surface area contributed by atoms with Crippen LogP contribution in [0.5, 0.6) is 17.2 Å². The predicted octanol–water partition coefficient (Wildman–Crippen LogP) is 3.44. The zero-order valence-electron chi connectivity index (χ0n) is 15.4. The summed E-state index contributed by atoms with van der Waals surface area (Å²) >= 11 is 0. The van der Waals surface area contributed by atoms with E-state index in [1.807, 2.05) is 19.9 Å². The summed E-state index contributed by atoms with van der Waals surface area (Å²) in [5.41, 5.74) is 3.93. The number of aryl methyl sites for hydroxylation is 2. The number of carbonyl (C=O) groups is 1. The van der Waals surface area contributed by atoms with Crippen LogP contribution in [-0.2, 0) is 0 Å². The minimum atomic E-state index is -0.178. The molecule has 5 heteroatoms. The van der Waals surface area contributed by atoms with Crippen LogP contribution in [0, 0.1) is 20.8 Å². The first-order valence-corrected chi connectivity index (χ1v) is 8.17. The molecule has 0 saturated heterocycles. The van der Waals surface area contributed by atoms with Crippen molar-refractivity contribution in [2.45, 2.75) is 20.8 Å². The highest BCUT2D eigenvalue weighted by molar-refractivity contribution is 5.94. The maximum atomic E-state index is 12.2. The van der Waals surface area contributed by atoms with Gasteiger partial charge in [-0.15, -0.1) is 0 Å². The average molecular weight is 343 g/mol. The Labute approximate surface area is 148 Å². The zero-order chi connectivity index (χ0) is 18.4. The van der Waals surface area contributed by atoms with E-state index in [9.17, 15) is 4.79 Å². The standard InChI is InChI=1S/C20H25NO4/c1-13-6-7-14(2)19(15(13)3)25-11-10-21-20(22)16-8-9-17(23-4)18(12-16)24-5/h6-9,12H,10-11H2,1-5H3,(H,21,22). The summed E-state index contributed by atoms with van der Waals surface area (Å²) in [5.74, 6) is 1.83. The van der Waals surface area contributed by atoms with Crippen molar-refractivity contribution in [2.75, 3.05) is 27.4 Å². The molecule has 0 saturated carbocycles. The first-order chi connectivity index (χ1) is 12.0. The highest BCUT2D eigenvalue weighted by Crippen LogP contribution is 2.27. The van der Waals surface area contributed by atoms with Crippen LogP contribution in [0.15, 0.2) is 30.3 Å². The molecule has 2 aromatic rings. The van der Waals surface area contributed by atoms with E-state index in [0.717, 1.165) is 16.9 Å². The van der Waals surface area contributed by atoms with Crippen molar-refractivity contribution in [3.8, 4) is 17.2 Å². The minimum Gasteiger partial charge on any atom is -0.493 e. The third kappa shape index (κ3) is 4.44. The Hall–Kier alpha value is -2.69. The Morgan fingerprint density at radius 2 is 1.64 bits per heavy atom. The quantitative estimate of drug-likeness (QED) is 0.783. The Kier molecular flexibility index (Phi) is 6.28. The van der Waals surface area contributed by atoms with Crippen molar-refractivity contribution in [3.05, 3.63) is 52.6 Å². The van der Waals surface area contributed by atoms with Crippen LogP contribution < -0.4 is 19.5 Å². The Morgan fingerprint density at radius 3 is 2.32 bits per heavy atom. The first kappa shape index (κ1) is 18.6. The molecule has 0 aliphatic heterocycles. The lowest BCUT2D eigenvalue weighted by molar-refractivity contribution is 0.0946. The molecule has 0 aliphatic rings. The van der Waals surface area contributed by atoms with Crippen molar-refractivity contribution in [1.82, 2.24) is 5.32 Å². The molecule has 1 N–H and O–H groups in total. The van der Waals surface area contributed by atoms with Gasteiger partial charge in [-0.05, 0) is 55.7 Å². The van der Waals surface area contributed by atoms with Gasteiger partial charge in [0.2, 0.25) is 0 Å². The Morgan fingerprint density at radius 1 is 0.960 bits per heavy atom. The van der Waals surface area contributed by atoms with Crippen LogP contribution in [0.3, 0.4) is 0 Å². The van der Waals surface area contributed by atoms with E-state index in [-0.39, 0.29) is 5.91 Å². The fraction of sp³-hybridized carbons (Fsp3) is 0.350. The SMILES string of the molecule is COc1ccc(C(=O)NCCOc2c(C)ccc(C)c2C)cc1OC. The number of rotatable bonds is 7. The van der Waals surface area contributed by atoms with E-state index in [1.54, 1.807) is 32.4 Å². The number of amides is 1. The van der Waals surface area contributed by atoms with Crippen molar-refractivity contribution in [3.63, 3.8) is 0 Å². The van der Waals surface area contributed by atoms with Gasteiger partial charge in [-0.2, -0.15) is 0 Å². The largest absolute Gasteiger partial charge is 0.493 e. The molecule has 25 heavy (non-hydrogen) atoms. The lowest BCUT2D eigenvalue weighted by Crippen LogP contribution is -2.28. The maximum Gasteiger partial charge on any atom is 0.251 e. The van der Waals surface area contributed by atoms with Crippen molar-refractivity contribution in [2.24, 2.45) is 0 Å². The molecule has 5 nitrogen and oxygen atoms in total. The molecule has 1 amide bonds. The molecule has 0 aromatic heterocycles. The van der Waals surface area contributed by atoms with Gasteiger partial charge in [0.05, 0.1) is 20.8 Å². The molecular formula is C20H25NO4. The van der Waals surface area contributed by atoms with E-state index in [4.69, 9.17) is 14.2 Å². The monoisotopic (exact) mass is 343 g/mol. The van der Waals surface area contributed by atoms with Crippen LogP contribution in [0.4, 0.5) is 0 Å². The first-order valence-electron chi connectivity index (χ1n) is 8.17. The smallest absolute Gasteiger partial charge is 0.251 e. The second-order valence-electron chi connectivity index (χ2n) is 5.83. The molecule has 2 rings (SSSR count). The number of benzene rings is 2. The van der Waals surface area contributed by atoms with Gasteiger partial charge in [-0.3, -0.25) is 4.79 Å². The Balaban J connectivity index is 1.92. The lowest BCUT2D eigenvalue weighted by Gasteiger charge is -2.14. The number of hydrogen-bond donors (Lipinski definition) is 1. The fourth-order valence-electron chi connectivity index (χ4n) is 2.54. The second kappa shape index (κ2) is 8.42. The van der Waals surface area contributed by atoms with Gasteiger partial charge in [0.15, 0.2) is 11.5 Å². The fourth-order valence-corrected chi connectivity index (χ4v) is 2.54. The van der Waals surface area contributed by atoms with Crippen LogP contribution in [0.2, 0.25) is 0 Å². The van der Waals surface area contributed by atoms with Gasteiger partial charge in [-0.1, -0.05) is 12.1 Å². The molecule has 0 atom stereocenters. The van der Waals surface area contributed by atoms with Gasteiger partial charge in [0, 0.05) is 5.56 Å². The van der Waals surface area contributed by atoms with E-state index < -0.39 is 0 Å². The highest BCUT2D eigenvalue weighted by Gasteiger charge is 2.11. The van der Waals surface area contributed by atoms with Crippen LogP contribution in [-0.4, -0.2) is 33.3 Å². The van der Waals surface area contributed by atoms with E-state index in [1.165, 1.54) is 5.56 Å². The number of ether oxygens (including phenoxy) is 3. The van der Waals surface area contributed by atoms with Gasteiger partial charge >= 0.3 is 0 Å². The number of nitrogens with one attached hydrogen (secondary N) is 1. The minimum absolute atomic E-state index is 0.178. The predicted molar refractivity (Wildman–Crippen MR) is 98.0 cm³/mol. The molecule has 0 heterocycles. The summed E-state index contributed by atoms with van der Waals surface area (Å²) in [6.45, 7) is 6.94. The van der Waals surface area contributed by atoms with Gasteiger partial charge in [-0.25, -0.2) is 0 Å². The summed E-state index contributed by atoms with van der Waals surface area (Å²) < 4.78 is 16.2. The average Bonchev–Trinajstić information content (AvgIpc) is 2.63.